The Morgan fingerprint density at radius 3 is 2.82 bits per heavy atom. The third-order valence-electron chi connectivity index (χ3n) is 4.41. The summed E-state index contributed by atoms with van der Waals surface area (Å²) in [5, 5.41) is 3.31. The molecule has 4 aromatic rings. The molecular weight excluding hydrogens is 357 g/mol. The van der Waals surface area contributed by atoms with E-state index < -0.39 is 0 Å². The largest absolute Gasteiger partial charge is 0.489 e. The summed E-state index contributed by atoms with van der Waals surface area (Å²) in [6.07, 6.45) is 1.52. The lowest BCUT2D eigenvalue weighted by molar-refractivity contribution is 0.303. The van der Waals surface area contributed by atoms with Gasteiger partial charge in [0, 0.05) is 17.9 Å². The zero-order chi connectivity index (χ0) is 19.5. The van der Waals surface area contributed by atoms with E-state index in [4.69, 9.17) is 10.5 Å². The number of H-pyrrole nitrogens is 1. The number of nitrogens with zero attached hydrogens (tertiary/aromatic N) is 2. The molecule has 7 heteroatoms. The number of nitrogens with two attached hydrogens (primary N) is 1. The number of halogens is 1. The van der Waals surface area contributed by atoms with Gasteiger partial charge in [-0.25, -0.2) is 14.4 Å². The van der Waals surface area contributed by atoms with Gasteiger partial charge in [0.05, 0.1) is 5.52 Å². The van der Waals surface area contributed by atoms with Crippen LogP contribution in [0, 0.1) is 12.7 Å². The minimum Gasteiger partial charge on any atom is -0.489 e. The normalized spacial score (nSPS) is 11.0. The van der Waals surface area contributed by atoms with Gasteiger partial charge in [0.15, 0.2) is 5.82 Å². The molecule has 2 aromatic carbocycles. The number of hydrogen-bond donors (Lipinski definition) is 3. The van der Waals surface area contributed by atoms with Crippen LogP contribution in [0.1, 0.15) is 16.8 Å². The van der Waals surface area contributed by atoms with E-state index in [0.29, 0.717) is 19.0 Å². The molecule has 2 heterocycles. The highest BCUT2D eigenvalue weighted by atomic mass is 19.1. The fraction of sp³-hybridized carbons (Fsp3) is 0.143. The number of aromatic nitrogens is 3. The Labute approximate surface area is 161 Å². The standard InChI is InChI=1S/C21H20FN5O/c1-13-7-16(5-6-19(13)28-11-14-3-2-4-15(22)8-14)27-21-20-18(24-12-25-21)9-17(10-23)26-20/h2-9,12,26H,10-11,23H2,1H3,(H,24,25,27). The second-order valence-corrected chi connectivity index (χ2v) is 6.51. The quantitative estimate of drug-likeness (QED) is 0.469. The third-order valence-corrected chi connectivity index (χ3v) is 4.41. The molecule has 6 nitrogen and oxygen atoms in total. The van der Waals surface area contributed by atoms with Crippen molar-refractivity contribution >= 4 is 22.5 Å². The highest BCUT2D eigenvalue weighted by molar-refractivity contribution is 5.88. The molecule has 0 atom stereocenters. The van der Waals surface area contributed by atoms with Gasteiger partial charge >= 0.3 is 0 Å². The maximum atomic E-state index is 13.3. The zero-order valence-electron chi connectivity index (χ0n) is 15.4. The minimum atomic E-state index is -0.268. The summed E-state index contributed by atoms with van der Waals surface area (Å²) in [5.41, 5.74) is 10.8. The number of aryl methyl sites for hydroxylation is 1. The molecule has 0 bridgehead atoms. The molecule has 0 amide bonds. The smallest absolute Gasteiger partial charge is 0.158 e. The van der Waals surface area contributed by atoms with Crippen molar-refractivity contribution in [3.05, 3.63) is 77.5 Å². The number of ether oxygens (including phenoxy) is 1. The molecule has 0 aliphatic rings. The minimum absolute atomic E-state index is 0.268. The summed E-state index contributed by atoms with van der Waals surface area (Å²) >= 11 is 0. The van der Waals surface area contributed by atoms with Crippen LogP contribution in [0.3, 0.4) is 0 Å². The van der Waals surface area contributed by atoms with Gasteiger partial charge < -0.3 is 20.8 Å². The third kappa shape index (κ3) is 3.79. The SMILES string of the molecule is Cc1cc(Nc2ncnc3cc(CN)[nH]c23)ccc1OCc1cccc(F)c1. The average Bonchev–Trinajstić information content (AvgIpc) is 3.12. The number of anilines is 2. The molecule has 4 rings (SSSR count). The zero-order valence-corrected chi connectivity index (χ0v) is 15.4. The molecule has 28 heavy (non-hydrogen) atoms. The van der Waals surface area contributed by atoms with Crippen molar-refractivity contribution in [1.29, 1.82) is 0 Å². The van der Waals surface area contributed by atoms with Crippen molar-refractivity contribution < 1.29 is 9.13 Å². The Balaban J connectivity index is 1.51. The number of rotatable bonds is 6. The highest BCUT2D eigenvalue weighted by Gasteiger charge is 2.09. The van der Waals surface area contributed by atoms with Crippen molar-refractivity contribution in [3.8, 4) is 5.75 Å². The van der Waals surface area contributed by atoms with Gasteiger partial charge in [0.25, 0.3) is 0 Å². The number of fused-ring (bicyclic) bond motifs is 1. The van der Waals surface area contributed by atoms with E-state index in [-0.39, 0.29) is 5.82 Å². The molecular formula is C21H20FN5O. The second-order valence-electron chi connectivity index (χ2n) is 6.51. The van der Waals surface area contributed by atoms with E-state index in [1.807, 2.05) is 37.3 Å². The molecule has 2 aromatic heterocycles. The Morgan fingerprint density at radius 2 is 2.04 bits per heavy atom. The van der Waals surface area contributed by atoms with E-state index in [0.717, 1.165) is 39.3 Å². The summed E-state index contributed by atoms with van der Waals surface area (Å²) in [6, 6.07) is 14.1. The molecule has 0 saturated heterocycles. The van der Waals surface area contributed by atoms with Crippen LogP contribution in [-0.4, -0.2) is 15.0 Å². The maximum Gasteiger partial charge on any atom is 0.158 e. The topological polar surface area (TPSA) is 88.9 Å². The maximum absolute atomic E-state index is 13.3. The van der Waals surface area contributed by atoms with Crippen molar-refractivity contribution in [3.63, 3.8) is 0 Å². The van der Waals surface area contributed by atoms with E-state index in [1.54, 1.807) is 6.07 Å². The fourth-order valence-electron chi connectivity index (χ4n) is 3.01. The Kier molecular flexibility index (Phi) is 4.90. The van der Waals surface area contributed by atoms with Gasteiger partial charge in [-0.2, -0.15) is 0 Å². The number of hydrogen-bond acceptors (Lipinski definition) is 5. The van der Waals surface area contributed by atoms with E-state index >= 15 is 0 Å². The lowest BCUT2D eigenvalue weighted by Gasteiger charge is -2.12. The molecule has 0 fully saturated rings. The van der Waals surface area contributed by atoms with Crippen LogP contribution in [-0.2, 0) is 13.2 Å². The van der Waals surface area contributed by atoms with Crippen LogP contribution in [0.5, 0.6) is 5.75 Å². The number of aromatic amines is 1. The van der Waals surface area contributed by atoms with Crippen LogP contribution in [0.25, 0.3) is 11.0 Å². The number of benzene rings is 2. The van der Waals surface area contributed by atoms with Gasteiger partial charge in [0.2, 0.25) is 0 Å². The average molecular weight is 377 g/mol. The molecule has 0 spiro atoms. The van der Waals surface area contributed by atoms with Gasteiger partial charge in [-0.15, -0.1) is 0 Å². The van der Waals surface area contributed by atoms with Crippen LogP contribution < -0.4 is 15.8 Å². The first kappa shape index (κ1) is 17.9. The van der Waals surface area contributed by atoms with Gasteiger partial charge in [-0.05, 0) is 54.4 Å². The van der Waals surface area contributed by atoms with Crippen LogP contribution in [0.15, 0.2) is 54.9 Å². The van der Waals surface area contributed by atoms with Gasteiger partial charge in [0.1, 0.15) is 30.0 Å². The summed E-state index contributed by atoms with van der Waals surface area (Å²) in [6.45, 7) is 2.68. The van der Waals surface area contributed by atoms with Crippen molar-refractivity contribution in [1.82, 2.24) is 15.0 Å². The first-order chi connectivity index (χ1) is 13.6. The molecule has 0 unspecified atom stereocenters. The van der Waals surface area contributed by atoms with Crippen LogP contribution >= 0.6 is 0 Å². The van der Waals surface area contributed by atoms with Crippen molar-refractivity contribution in [2.75, 3.05) is 5.32 Å². The van der Waals surface area contributed by atoms with E-state index in [1.165, 1.54) is 18.5 Å². The van der Waals surface area contributed by atoms with Crippen molar-refractivity contribution in [2.24, 2.45) is 5.73 Å². The van der Waals surface area contributed by atoms with Gasteiger partial charge in [-0.1, -0.05) is 12.1 Å². The predicted octanol–water partition coefficient (Wildman–Crippen LogP) is 4.19. The molecule has 142 valence electrons. The monoisotopic (exact) mass is 377 g/mol. The fourth-order valence-corrected chi connectivity index (χ4v) is 3.01. The van der Waals surface area contributed by atoms with E-state index in [9.17, 15) is 4.39 Å². The Hall–Kier alpha value is -3.45. The van der Waals surface area contributed by atoms with Crippen molar-refractivity contribution in [2.45, 2.75) is 20.1 Å². The molecule has 0 radical (unpaired) electrons. The number of nitrogens with one attached hydrogen (secondary N) is 2. The first-order valence-corrected chi connectivity index (χ1v) is 8.90. The summed E-state index contributed by atoms with van der Waals surface area (Å²) in [4.78, 5) is 11.8. The molecule has 0 saturated carbocycles. The lowest BCUT2D eigenvalue weighted by Crippen LogP contribution is -2.00. The first-order valence-electron chi connectivity index (χ1n) is 8.90. The Bertz CT molecular complexity index is 1120. The van der Waals surface area contributed by atoms with Crippen LogP contribution in [0.2, 0.25) is 0 Å². The summed E-state index contributed by atoms with van der Waals surface area (Å²) < 4.78 is 19.1. The summed E-state index contributed by atoms with van der Waals surface area (Å²) in [7, 11) is 0. The van der Waals surface area contributed by atoms with Gasteiger partial charge in [-0.3, -0.25) is 0 Å². The molecule has 4 N–H and O–H groups in total. The molecule has 0 aliphatic heterocycles. The molecule has 0 aliphatic carbocycles. The Morgan fingerprint density at radius 1 is 1.14 bits per heavy atom. The van der Waals surface area contributed by atoms with Crippen LogP contribution in [0.4, 0.5) is 15.9 Å². The predicted molar refractivity (Wildman–Crippen MR) is 107 cm³/mol. The lowest BCUT2D eigenvalue weighted by atomic mass is 10.2. The summed E-state index contributed by atoms with van der Waals surface area (Å²) in [5.74, 6) is 1.15. The second kappa shape index (κ2) is 7.66. The van der Waals surface area contributed by atoms with E-state index in [2.05, 4.69) is 20.3 Å². The highest BCUT2D eigenvalue weighted by Crippen LogP contribution is 2.27.